The highest BCUT2D eigenvalue weighted by Crippen LogP contribution is 2.21. The molecule has 1 aromatic rings. The third-order valence-corrected chi connectivity index (χ3v) is 8.27. The minimum atomic E-state index is -1.71. The molecule has 21 nitrogen and oxygen atoms in total. The van der Waals surface area contributed by atoms with Gasteiger partial charge in [-0.15, -0.1) is 0 Å². The van der Waals surface area contributed by atoms with Crippen molar-refractivity contribution in [2.24, 2.45) is 22.9 Å². The van der Waals surface area contributed by atoms with Gasteiger partial charge in [0, 0.05) is 50.7 Å². The van der Waals surface area contributed by atoms with E-state index in [1.807, 2.05) is 0 Å². The number of guanidine groups is 2. The van der Waals surface area contributed by atoms with E-state index < -0.39 is 108 Å². The number of carbonyl (C=O) groups excluding carboxylic acids is 6. The van der Waals surface area contributed by atoms with Gasteiger partial charge in [0.05, 0.1) is 6.10 Å². The molecule has 0 bridgehead atoms. The number of nitrogens with zero attached hydrogens (tertiary/aromatic N) is 1. The number of aliphatic hydroxyl groups excluding tert-OH is 1. The number of aliphatic hydroxyl groups is 1. The zero-order valence-electron chi connectivity index (χ0n) is 30.8. The number of phenols is 1. The summed E-state index contributed by atoms with van der Waals surface area (Å²) in [5.74, 6) is -9.53. The number of carbonyl (C=O) groups is 6. The van der Waals surface area contributed by atoms with Gasteiger partial charge >= 0.3 is 0 Å². The fourth-order valence-corrected chi connectivity index (χ4v) is 5.37. The number of amides is 6. The number of primary amides is 2. The summed E-state index contributed by atoms with van der Waals surface area (Å²) in [5.41, 5.74) is 20.8. The first kappa shape index (κ1) is 47.2. The second-order valence-electron chi connectivity index (χ2n) is 12.6. The summed E-state index contributed by atoms with van der Waals surface area (Å²) in [6.07, 6.45) is -2.66. The predicted molar refractivity (Wildman–Crippen MR) is 195 cm³/mol. The molecule has 23 heteroatoms. The Morgan fingerprint density at radius 1 is 0.800 bits per heavy atom. The summed E-state index contributed by atoms with van der Waals surface area (Å²) in [6.45, 7) is 1.52. The SMILES string of the molecule is CN[C@H](C(=O)N[C@@H](CCCNC(=N)N)C(=O)N[C@@H](CCC(N)=O)C(=O)N(C)[C@@H](CCCNC(=N)N)C(=O)N[C@@H](Cc1c(F)cc(O)cc1F)C(N)=O)[C@@H](C)O. The van der Waals surface area contributed by atoms with Gasteiger partial charge in [-0.25, -0.2) is 8.78 Å². The molecule has 0 spiro atoms. The van der Waals surface area contributed by atoms with Gasteiger partial charge in [-0.3, -0.25) is 39.6 Å². The molecule has 0 aliphatic heterocycles. The molecule has 6 amide bonds. The van der Waals surface area contributed by atoms with E-state index in [-0.39, 0.29) is 57.1 Å². The van der Waals surface area contributed by atoms with E-state index in [0.29, 0.717) is 12.1 Å². The average Bonchev–Trinajstić information content (AvgIpc) is 3.07. The Kier molecular flexibility index (Phi) is 19.8. The van der Waals surface area contributed by atoms with Crippen LogP contribution < -0.4 is 54.8 Å². The number of benzene rings is 1. The van der Waals surface area contributed by atoms with Crippen molar-refractivity contribution in [3.63, 3.8) is 0 Å². The van der Waals surface area contributed by atoms with Gasteiger partial charge < -0.3 is 69.9 Å². The molecule has 0 aliphatic rings. The van der Waals surface area contributed by atoms with Gasteiger partial charge in [0.25, 0.3) is 0 Å². The van der Waals surface area contributed by atoms with Crippen molar-refractivity contribution < 1.29 is 47.8 Å². The zero-order valence-corrected chi connectivity index (χ0v) is 30.8. The van der Waals surface area contributed by atoms with Gasteiger partial charge in [0.15, 0.2) is 11.9 Å². The van der Waals surface area contributed by atoms with Crippen LogP contribution in [-0.2, 0) is 35.2 Å². The van der Waals surface area contributed by atoms with Gasteiger partial charge in [-0.05, 0) is 46.1 Å². The Balaban J connectivity index is 3.47. The highest BCUT2D eigenvalue weighted by Gasteiger charge is 2.36. The third-order valence-electron chi connectivity index (χ3n) is 8.27. The lowest BCUT2D eigenvalue weighted by molar-refractivity contribution is -0.143. The fourth-order valence-electron chi connectivity index (χ4n) is 5.37. The fraction of sp³-hybridized carbons (Fsp3) is 0.562. The van der Waals surface area contributed by atoms with E-state index in [2.05, 4.69) is 31.9 Å². The van der Waals surface area contributed by atoms with Crippen LogP contribution in [0.15, 0.2) is 12.1 Å². The number of aromatic hydroxyl groups is 1. The van der Waals surface area contributed by atoms with Crippen LogP contribution in [0.5, 0.6) is 5.75 Å². The van der Waals surface area contributed by atoms with Crippen LogP contribution in [0.1, 0.15) is 51.0 Å². The maximum absolute atomic E-state index is 14.5. The second kappa shape index (κ2) is 23.1. The summed E-state index contributed by atoms with van der Waals surface area (Å²) >= 11 is 0. The predicted octanol–water partition coefficient (Wildman–Crippen LogP) is -4.26. The molecule has 0 aromatic heterocycles. The van der Waals surface area contributed by atoms with E-state index >= 15 is 0 Å². The van der Waals surface area contributed by atoms with E-state index in [1.54, 1.807) is 0 Å². The van der Waals surface area contributed by atoms with Crippen molar-refractivity contribution in [2.45, 2.75) is 88.2 Å². The van der Waals surface area contributed by atoms with Crippen molar-refractivity contribution in [3.05, 3.63) is 29.3 Å². The zero-order chi connectivity index (χ0) is 42.0. The van der Waals surface area contributed by atoms with Crippen LogP contribution in [-0.4, -0.2) is 126 Å². The van der Waals surface area contributed by atoms with Gasteiger partial charge in [0.1, 0.15) is 47.6 Å². The monoisotopic (exact) mass is 785 g/mol. The van der Waals surface area contributed by atoms with Crippen molar-refractivity contribution >= 4 is 47.4 Å². The first-order valence-electron chi connectivity index (χ1n) is 17.1. The van der Waals surface area contributed by atoms with Crippen LogP contribution >= 0.6 is 0 Å². The largest absolute Gasteiger partial charge is 0.508 e. The average molecular weight is 786 g/mol. The van der Waals surface area contributed by atoms with Crippen molar-refractivity contribution in [2.75, 3.05) is 27.2 Å². The maximum Gasteiger partial charge on any atom is 0.245 e. The number of likely N-dealkylation sites (N-methyl/N-ethyl adjacent to an activating group) is 2. The highest BCUT2D eigenvalue weighted by molar-refractivity contribution is 5.96. The molecule has 1 aromatic carbocycles. The minimum Gasteiger partial charge on any atom is -0.508 e. The van der Waals surface area contributed by atoms with Crippen LogP contribution in [0, 0.1) is 22.5 Å². The Hall–Kier alpha value is -5.84. The number of rotatable bonds is 24. The number of nitrogens with one attached hydrogen (secondary N) is 8. The van der Waals surface area contributed by atoms with E-state index in [9.17, 15) is 47.8 Å². The van der Waals surface area contributed by atoms with Crippen molar-refractivity contribution in [1.82, 2.24) is 36.8 Å². The topological polar surface area (TPSA) is 370 Å². The van der Waals surface area contributed by atoms with Crippen molar-refractivity contribution in [1.29, 1.82) is 10.8 Å². The Bertz CT molecular complexity index is 1530. The molecule has 1 rings (SSSR count). The number of hydrogen-bond acceptors (Lipinski definition) is 11. The van der Waals surface area contributed by atoms with Gasteiger partial charge in [0.2, 0.25) is 35.4 Å². The lowest BCUT2D eigenvalue weighted by atomic mass is 10.0. The van der Waals surface area contributed by atoms with E-state index in [1.165, 1.54) is 21.0 Å². The van der Waals surface area contributed by atoms with Gasteiger partial charge in [-0.2, -0.15) is 0 Å². The first-order valence-corrected chi connectivity index (χ1v) is 17.1. The summed E-state index contributed by atoms with van der Waals surface area (Å²) < 4.78 is 29.0. The standard InChI is InChI=1S/C32H53F2N13O8/c1-15(48)25(41-2)29(54)44-20(6-4-10-42-31(37)38)27(52)45-21(8-9-24(35)50)30(55)47(3)23(7-5-11-43-32(39)40)28(53)46-22(26(36)51)14-17-18(33)12-16(49)13-19(17)34/h12-13,15,20-23,25,41,48-49H,4-11,14H2,1-3H3,(H2,35,50)(H2,36,51)(H,44,54)(H,45,52)(H,46,53)(H4,37,38,42)(H4,39,40,43)/t15-,20+,21+,22+,23+,25+/m1/s1. The van der Waals surface area contributed by atoms with E-state index in [4.69, 9.17) is 33.8 Å². The number of phenolic OH excluding ortho intramolecular Hbond substituents is 1. The van der Waals surface area contributed by atoms with Crippen LogP contribution in [0.25, 0.3) is 0 Å². The summed E-state index contributed by atoms with van der Waals surface area (Å²) in [7, 11) is 2.59. The molecule has 18 N–H and O–H groups in total. The normalized spacial score (nSPS) is 14.1. The summed E-state index contributed by atoms with van der Waals surface area (Å²) in [5, 5.41) is 49.2. The highest BCUT2D eigenvalue weighted by atomic mass is 19.1. The summed E-state index contributed by atoms with van der Waals surface area (Å²) in [4.78, 5) is 79.5. The molecular weight excluding hydrogens is 732 g/mol. The molecule has 0 saturated carbocycles. The minimum absolute atomic E-state index is 0.0477. The summed E-state index contributed by atoms with van der Waals surface area (Å²) in [6, 6.07) is -5.96. The smallest absolute Gasteiger partial charge is 0.245 e. The molecule has 0 unspecified atom stereocenters. The number of hydrogen-bond donors (Lipinski definition) is 14. The third kappa shape index (κ3) is 16.4. The number of halogens is 2. The Morgan fingerprint density at radius 3 is 1.78 bits per heavy atom. The Morgan fingerprint density at radius 2 is 1.31 bits per heavy atom. The van der Waals surface area contributed by atoms with Gasteiger partial charge in [-0.1, -0.05) is 0 Å². The maximum atomic E-state index is 14.5. The molecule has 308 valence electrons. The number of nitrogens with two attached hydrogens (primary N) is 4. The first-order chi connectivity index (χ1) is 25.7. The molecule has 0 saturated heterocycles. The van der Waals surface area contributed by atoms with Crippen LogP contribution in [0.3, 0.4) is 0 Å². The molecule has 55 heavy (non-hydrogen) atoms. The second-order valence-corrected chi connectivity index (χ2v) is 12.6. The molecular formula is C32H53F2N13O8. The molecule has 0 fully saturated rings. The quantitative estimate of drug-likeness (QED) is 0.0269. The lowest BCUT2D eigenvalue weighted by Crippen LogP contribution is -2.60. The molecule has 0 aliphatic carbocycles. The van der Waals surface area contributed by atoms with E-state index in [0.717, 1.165) is 4.90 Å². The van der Waals surface area contributed by atoms with Crippen LogP contribution in [0.2, 0.25) is 0 Å². The van der Waals surface area contributed by atoms with Crippen molar-refractivity contribution in [3.8, 4) is 5.75 Å². The molecule has 0 heterocycles. The lowest BCUT2D eigenvalue weighted by Gasteiger charge is -2.32. The Labute approximate surface area is 316 Å². The molecule has 0 radical (unpaired) electrons. The molecule has 6 atom stereocenters. The van der Waals surface area contributed by atoms with Crippen LogP contribution in [0.4, 0.5) is 8.78 Å².